The van der Waals surface area contributed by atoms with Crippen molar-refractivity contribution in [3.63, 3.8) is 0 Å². The van der Waals surface area contributed by atoms with Gasteiger partial charge in [0.15, 0.2) is 0 Å². The van der Waals surface area contributed by atoms with Gasteiger partial charge in [0.1, 0.15) is 0 Å². The zero-order valence-electron chi connectivity index (χ0n) is 20.5. The van der Waals surface area contributed by atoms with Crippen LogP contribution in [0.4, 0.5) is 0 Å². The Morgan fingerprint density at radius 2 is 1.88 bits per heavy atom. The van der Waals surface area contributed by atoms with E-state index < -0.39 is 0 Å². The van der Waals surface area contributed by atoms with Crippen LogP contribution in [-0.4, -0.2) is 36.5 Å². The molecule has 176 valence electrons. The Balaban J connectivity index is 1.14. The minimum Gasteiger partial charge on any atom is -0.352 e. The van der Waals surface area contributed by atoms with E-state index in [1.807, 2.05) is 6.07 Å². The topological polar surface area (TPSA) is 32.3 Å². The first kappa shape index (κ1) is 21.9. The molecule has 6 rings (SSSR count). The number of likely N-dealkylation sites (tertiary alicyclic amines) is 1. The molecular formula is C31H36N2O. The number of hydrogen-bond donors (Lipinski definition) is 1. The average molecular weight is 453 g/mol. The molecule has 1 heterocycles. The molecule has 3 nitrogen and oxygen atoms in total. The molecule has 3 atom stereocenters. The maximum atomic E-state index is 13.1. The van der Waals surface area contributed by atoms with Gasteiger partial charge in [-0.2, -0.15) is 0 Å². The number of carbonyl (C=O) groups is 1. The van der Waals surface area contributed by atoms with Crippen LogP contribution in [0.5, 0.6) is 0 Å². The Morgan fingerprint density at radius 3 is 2.71 bits per heavy atom. The van der Waals surface area contributed by atoms with Gasteiger partial charge in [0, 0.05) is 24.7 Å². The number of amides is 1. The number of hydrogen-bond acceptors (Lipinski definition) is 2. The lowest BCUT2D eigenvalue weighted by molar-refractivity contribution is 0.0284. The summed E-state index contributed by atoms with van der Waals surface area (Å²) >= 11 is 0. The highest BCUT2D eigenvalue weighted by molar-refractivity contribution is 5.94. The monoisotopic (exact) mass is 452 g/mol. The van der Waals surface area contributed by atoms with Gasteiger partial charge in [-0.1, -0.05) is 62.4 Å². The van der Waals surface area contributed by atoms with E-state index in [2.05, 4.69) is 78.7 Å². The highest BCUT2D eigenvalue weighted by atomic mass is 16.1. The van der Waals surface area contributed by atoms with Gasteiger partial charge in [0.2, 0.25) is 0 Å². The van der Waals surface area contributed by atoms with Crippen molar-refractivity contribution in [3.05, 3.63) is 82.9 Å². The second kappa shape index (κ2) is 8.53. The number of nitrogens with one attached hydrogen (secondary N) is 1. The second-order valence-corrected chi connectivity index (χ2v) is 11.2. The molecule has 1 amide bonds. The molecule has 0 spiro atoms. The lowest BCUT2D eigenvalue weighted by Crippen LogP contribution is -2.58. The summed E-state index contributed by atoms with van der Waals surface area (Å²) < 4.78 is 0. The van der Waals surface area contributed by atoms with Crippen LogP contribution in [0, 0.1) is 11.8 Å². The zero-order valence-corrected chi connectivity index (χ0v) is 20.5. The quantitative estimate of drug-likeness (QED) is 0.517. The summed E-state index contributed by atoms with van der Waals surface area (Å²) in [5.41, 5.74) is 5.11. The smallest absolute Gasteiger partial charge is 0.251 e. The number of benzene rings is 3. The van der Waals surface area contributed by atoms with Gasteiger partial charge in [0.05, 0.1) is 0 Å². The number of carbonyl (C=O) groups excluding carboxylic acids is 1. The van der Waals surface area contributed by atoms with Crippen LogP contribution < -0.4 is 5.32 Å². The molecule has 3 heteroatoms. The van der Waals surface area contributed by atoms with Crippen LogP contribution in [0.3, 0.4) is 0 Å². The number of nitrogens with zero attached hydrogens (tertiary/aromatic N) is 1. The second-order valence-electron chi connectivity index (χ2n) is 11.2. The molecule has 2 aliphatic carbocycles. The molecular weight excluding hydrogens is 416 g/mol. The highest BCUT2D eigenvalue weighted by Gasteiger charge is 2.49. The molecule has 2 bridgehead atoms. The van der Waals surface area contributed by atoms with E-state index in [9.17, 15) is 4.79 Å². The molecule has 1 saturated carbocycles. The lowest BCUT2D eigenvalue weighted by Gasteiger charge is -2.55. The van der Waals surface area contributed by atoms with E-state index in [0.717, 1.165) is 24.3 Å². The predicted molar refractivity (Wildman–Crippen MR) is 139 cm³/mol. The van der Waals surface area contributed by atoms with Crippen LogP contribution in [0.15, 0.2) is 60.7 Å². The maximum Gasteiger partial charge on any atom is 0.251 e. The fourth-order valence-corrected chi connectivity index (χ4v) is 6.52. The molecule has 34 heavy (non-hydrogen) atoms. The Kier molecular flexibility index (Phi) is 5.49. The van der Waals surface area contributed by atoms with Crippen LogP contribution in [0.25, 0.3) is 10.8 Å². The fraction of sp³-hybridized carbons (Fsp3) is 0.452. The first-order chi connectivity index (χ1) is 16.5. The van der Waals surface area contributed by atoms with Crippen molar-refractivity contribution in [1.82, 2.24) is 10.2 Å². The minimum absolute atomic E-state index is 0.0492. The van der Waals surface area contributed by atoms with Crippen molar-refractivity contribution in [2.75, 3.05) is 19.6 Å². The summed E-state index contributed by atoms with van der Waals surface area (Å²) in [4.78, 5) is 15.8. The molecule has 0 aromatic heterocycles. The fourth-order valence-electron chi connectivity index (χ4n) is 6.52. The summed E-state index contributed by atoms with van der Waals surface area (Å²) in [7, 11) is 0. The van der Waals surface area contributed by atoms with Crippen molar-refractivity contribution in [2.24, 2.45) is 11.8 Å². The van der Waals surface area contributed by atoms with E-state index in [0.29, 0.717) is 18.5 Å². The Morgan fingerprint density at radius 1 is 1.06 bits per heavy atom. The number of rotatable bonds is 6. The first-order valence-corrected chi connectivity index (χ1v) is 13.1. The average Bonchev–Trinajstić information content (AvgIpc) is 3.67. The third-order valence-corrected chi connectivity index (χ3v) is 9.09. The van der Waals surface area contributed by atoms with Gasteiger partial charge in [-0.15, -0.1) is 0 Å². The summed E-state index contributed by atoms with van der Waals surface area (Å²) in [6.07, 6.45) is 6.00. The molecule has 3 aliphatic rings. The van der Waals surface area contributed by atoms with E-state index in [1.54, 1.807) is 0 Å². The van der Waals surface area contributed by atoms with Crippen molar-refractivity contribution >= 4 is 16.7 Å². The van der Waals surface area contributed by atoms with E-state index in [1.165, 1.54) is 59.8 Å². The van der Waals surface area contributed by atoms with Crippen molar-refractivity contribution in [1.29, 1.82) is 0 Å². The molecule has 1 saturated heterocycles. The standard InChI is InChI=1S/C31H36N2O/c1-21-29-19-26-11-12-27(18-28(26)31(21,2)14-16-33(29)20-23-7-8-23)30(34)32-15-13-22-9-10-24-5-3-4-6-25(24)17-22/h3-6,9-12,17-18,21,23,29H,7-8,13-16,19-20H2,1-2H3,(H,32,34)/t21?,29-,31-/m1/s1. The number of piperidine rings is 1. The van der Waals surface area contributed by atoms with Gasteiger partial charge in [-0.3, -0.25) is 9.69 Å². The van der Waals surface area contributed by atoms with Gasteiger partial charge in [-0.25, -0.2) is 0 Å². The van der Waals surface area contributed by atoms with Crippen LogP contribution in [-0.2, 0) is 18.3 Å². The summed E-state index contributed by atoms with van der Waals surface area (Å²) in [5, 5.41) is 5.68. The molecule has 1 aliphatic heterocycles. The van der Waals surface area contributed by atoms with Crippen molar-refractivity contribution < 1.29 is 4.79 Å². The minimum atomic E-state index is 0.0492. The van der Waals surface area contributed by atoms with E-state index in [4.69, 9.17) is 0 Å². The Bertz CT molecular complexity index is 1230. The van der Waals surface area contributed by atoms with Crippen LogP contribution >= 0.6 is 0 Å². The lowest BCUT2D eigenvalue weighted by atomic mass is 9.59. The Labute approximate surface area is 203 Å². The highest BCUT2D eigenvalue weighted by Crippen LogP contribution is 2.49. The van der Waals surface area contributed by atoms with Crippen LogP contribution in [0.1, 0.15) is 60.2 Å². The zero-order chi connectivity index (χ0) is 23.3. The van der Waals surface area contributed by atoms with Crippen molar-refractivity contribution in [2.45, 2.75) is 57.4 Å². The third kappa shape index (κ3) is 3.94. The van der Waals surface area contributed by atoms with Crippen molar-refractivity contribution in [3.8, 4) is 0 Å². The van der Waals surface area contributed by atoms with E-state index >= 15 is 0 Å². The summed E-state index contributed by atoms with van der Waals surface area (Å²) in [6, 6.07) is 22.1. The molecule has 0 radical (unpaired) electrons. The molecule has 3 aromatic carbocycles. The SMILES string of the molecule is CC1[C@H]2Cc3ccc(C(=O)NCCc4ccc5ccccc5c4)cc3[C@]1(C)CCN2CC1CC1. The third-order valence-electron chi connectivity index (χ3n) is 9.09. The van der Waals surface area contributed by atoms with Gasteiger partial charge < -0.3 is 5.32 Å². The largest absolute Gasteiger partial charge is 0.352 e. The molecule has 2 fully saturated rings. The van der Waals surface area contributed by atoms with Crippen LogP contribution in [0.2, 0.25) is 0 Å². The van der Waals surface area contributed by atoms with Gasteiger partial charge in [0.25, 0.3) is 5.91 Å². The molecule has 1 unspecified atom stereocenters. The molecule has 3 aromatic rings. The van der Waals surface area contributed by atoms with Gasteiger partial charge in [-0.05, 0) is 95.5 Å². The normalized spacial score (nSPS) is 26.3. The van der Waals surface area contributed by atoms with Gasteiger partial charge >= 0.3 is 0 Å². The maximum absolute atomic E-state index is 13.1. The first-order valence-electron chi connectivity index (χ1n) is 13.1. The summed E-state index contributed by atoms with van der Waals surface area (Å²) in [6.45, 7) is 8.03. The summed E-state index contributed by atoms with van der Waals surface area (Å²) in [5.74, 6) is 1.62. The predicted octanol–water partition coefficient (Wildman–Crippen LogP) is 5.75. The molecule has 1 N–H and O–H groups in total. The number of fused-ring (bicyclic) bond motifs is 5. The van der Waals surface area contributed by atoms with E-state index in [-0.39, 0.29) is 11.3 Å². The Hall–Kier alpha value is -2.65.